The fourth-order valence-corrected chi connectivity index (χ4v) is 2.05. The molecule has 0 aliphatic carbocycles. The maximum absolute atomic E-state index is 4.45. The predicted molar refractivity (Wildman–Crippen MR) is 69.6 cm³/mol. The largest absolute Gasteiger partial charge is 0.339 e. The molecule has 0 fully saturated rings. The lowest BCUT2D eigenvalue weighted by Gasteiger charge is -2.16. The summed E-state index contributed by atoms with van der Waals surface area (Å²) in [6.07, 6.45) is 8.86. The molecule has 17 heavy (non-hydrogen) atoms. The molecule has 0 N–H and O–H groups in total. The molecule has 0 radical (unpaired) electrons. The fraction of sp³-hybridized carbons (Fsp3) is 0.182. The summed E-state index contributed by atoms with van der Waals surface area (Å²) in [6.45, 7) is 8.91. The number of anilines is 1. The van der Waals surface area contributed by atoms with Gasteiger partial charge in [-0.05, 0) is 0 Å². The lowest BCUT2D eigenvalue weighted by atomic mass is 10.5. The van der Waals surface area contributed by atoms with Gasteiger partial charge in [0.25, 0.3) is 0 Å². The molecule has 2 heterocycles. The molecule has 0 atom stereocenters. The molecule has 2 aromatic rings. The van der Waals surface area contributed by atoms with Crippen molar-refractivity contribution in [3.63, 3.8) is 0 Å². The average Bonchev–Trinajstić information content (AvgIpc) is 2.99. The van der Waals surface area contributed by atoms with E-state index in [1.807, 2.05) is 18.3 Å². The van der Waals surface area contributed by atoms with Crippen molar-refractivity contribution < 1.29 is 0 Å². The lowest BCUT2D eigenvalue weighted by molar-refractivity contribution is 0.917. The van der Waals surface area contributed by atoms with Crippen LogP contribution in [0.25, 0.3) is 5.95 Å². The van der Waals surface area contributed by atoms with Crippen LogP contribution in [0.3, 0.4) is 0 Å². The molecule has 0 aliphatic rings. The van der Waals surface area contributed by atoms with Crippen LogP contribution in [-0.4, -0.2) is 32.0 Å². The van der Waals surface area contributed by atoms with E-state index in [9.17, 15) is 0 Å². The second-order valence-corrected chi connectivity index (χ2v) is 4.06. The quantitative estimate of drug-likeness (QED) is 0.731. The summed E-state index contributed by atoms with van der Waals surface area (Å²) in [6, 6.07) is 0. The zero-order chi connectivity index (χ0) is 12.1. The van der Waals surface area contributed by atoms with Crippen LogP contribution in [0.4, 0.5) is 5.13 Å². The lowest BCUT2D eigenvalue weighted by Crippen LogP contribution is -2.22. The molecule has 0 unspecified atom stereocenters. The summed E-state index contributed by atoms with van der Waals surface area (Å²) in [7, 11) is 0. The van der Waals surface area contributed by atoms with E-state index < -0.39 is 0 Å². The van der Waals surface area contributed by atoms with E-state index in [1.165, 1.54) is 11.5 Å². The zero-order valence-electron chi connectivity index (χ0n) is 9.36. The predicted octanol–water partition coefficient (Wildman–Crippen LogP) is 1.90. The highest BCUT2D eigenvalue weighted by Crippen LogP contribution is 2.18. The van der Waals surface area contributed by atoms with Gasteiger partial charge in [-0.3, -0.25) is 4.57 Å². The minimum absolute atomic E-state index is 0.639. The highest BCUT2D eigenvalue weighted by atomic mass is 32.1. The Balaban J connectivity index is 2.21. The van der Waals surface area contributed by atoms with Crippen molar-refractivity contribution in [3.8, 4) is 5.95 Å². The zero-order valence-corrected chi connectivity index (χ0v) is 10.2. The van der Waals surface area contributed by atoms with Crippen LogP contribution in [-0.2, 0) is 0 Å². The van der Waals surface area contributed by atoms with Gasteiger partial charge in [0.2, 0.25) is 11.1 Å². The van der Waals surface area contributed by atoms with Gasteiger partial charge < -0.3 is 4.90 Å². The van der Waals surface area contributed by atoms with Crippen molar-refractivity contribution in [2.24, 2.45) is 0 Å². The third-order valence-electron chi connectivity index (χ3n) is 2.11. The van der Waals surface area contributed by atoms with Gasteiger partial charge in [-0.2, -0.15) is 9.36 Å². The molecule has 2 aromatic heterocycles. The van der Waals surface area contributed by atoms with Gasteiger partial charge in [0.15, 0.2) is 0 Å². The van der Waals surface area contributed by atoms with E-state index in [-0.39, 0.29) is 0 Å². The molecule has 0 amide bonds. The van der Waals surface area contributed by atoms with Crippen LogP contribution in [0, 0.1) is 0 Å². The summed E-state index contributed by atoms with van der Waals surface area (Å²) < 4.78 is 6.07. The number of nitrogens with zero attached hydrogens (tertiary/aromatic N) is 5. The van der Waals surface area contributed by atoms with Gasteiger partial charge >= 0.3 is 0 Å². The van der Waals surface area contributed by atoms with Crippen molar-refractivity contribution in [2.75, 3.05) is 18.0 Å². The van der Waals surface area contributed by atoms with E-state index in [4.69, 9.17) is 0 Å². The van der Waals surface area contributed by atoms with Gasteiger partial charge in [-0.15, -0.1) is 13.2 Å². The molecule has 0 aliphatic heterocycles. The van der Waals surface area contributed by atoms with Crippen molar-refractivity contribution in [2.45, 2.75) is 0 Å². The number of rotatable bonds is 6. The van der Waals surface area contributed by atoms with E-state index in [2.05, 4.69) is 32.4 Å². The Morgan fingerprint density at radius 3 is 2.71 bits per heavy atom. The molecule has 0 spiro atoms. The molecule has 0 bridgehead atoms. The minimum atomic E-state index is 0.639. The Morgan fingerprint density at radius 1 is 1.35 bits per heavy atom. The van der Waals surface area contributed by atoms with E-state index in [1.54, 1.807) is 17.1 Å². The van der Waals surface area contributed by atoms with Gasteiger partial charge in [-0.25, -0.2) is 4.98 Å². The van der Waals surface area contributed by atoms with Gasteiger partial charge in [0.05, 0.1) is 0 Å². The number of aromatic nitrogens is 4. The molecule has 6 heteroatoms. The SMILES string of the molecule is C=CCN(CC=C)c1nc(-n2ccnc2)ns1. The van der Waals surface area contributed by atoms with Crippen molar-refractivity contribution in [3.05, 3.63) is 44.0 Å². The van der Waals surface area contributed by atoms with Crippen molar-refractivity contribution >= 4 is 16.7 Å². The summed E-state index contributed by atoms with van der Waals surface area (Å²) in [4.78, 5) is 10.5. The summed E-state index contributed by atoms with van der Waals surface area (Å²) in [5.74, 6) is 0.639. The average molecular weight is 247 g/mol. The first-order chi connectivity index (χ1) is 8.35. The smallest absolute Gasteiger partial charge is 0.248 e. The van der Waals surface area contributed by atoms with E-state index >= 15 is 0 Å². The Bertz CT molecular complexity index is 478. The van der Waals surface area contributed by atoms with Crippen LogP contribution in [0.2, 0.25) is 0 Å². The first-order valence-electron chi connectivity index (χ1n) is 5.14. The minimum Gasteiger partial charge on any atom is -0.339 e. The maximum atomic E-state index is 4.45. The summed E-state index contributed by atoms with van der Waals surface area (Å²) >= 11 is 1.36. The molecule has 0 saturated heterocycles. The van der Waals surface area contributed by atoms with Gasteiger partial charge in [0.1, 0.15) is 6.33 Å². The first kappa shape index (κ1) is 11.5. The summed E-state index contributed by atoms with van der Waals surface area (Å²) in [5, 5.41) is 0.855. The van der Waals surface area contributed by atoms with E-state index in [0.717, 1.165) is 18.2 Å². The van der Waals surface area contributed by atoms with Crippen LogP contribution in [0.15, 0.2) is 44.0 Å². The molecule has 0 saturated carbocycles. The molecule has 2 rings (SSSR count). The highest BCUT2D eigenvalue weighted by Gasteiger charge is 2.10. The monoisotopic (exact) mass is 247 g/mol. The van der Waals surface area contributed by atoms with E-state index in [0.29, 0.717) is 5.95 Å². The third-order valence-corrected chi connectivity index (χ3v) is 2.88. The highest BCUT2D eigenvalue weighted by molar-refractivity contribution is 7.09. The number of imidazole rings is 1. The number of hydrogen-bond acceptors (Lipinski definition) is 5. The second kappa shape index (κ2) is 5.40. The Morgan fingerprint density at radius 2 is 2.12 bits per heavy atom. The first-order valence-corrected chi connectivity index (χ1v) is 5.91. The Hall–Kier alpha value is -1.95. The van der Waals surface area contributed by atoms with Crippen LogP contribution in [0.5, 0.6) is 0 Å². The van der Waals surface area contributed by atoms with Crippen molar-refractivity contribution in [1.82, 2.24) is 18.9 Å². The van der Waals surface area contributed by atoms with Crippen LogP contribution >= 0.6 is 11.5 Å². The summed E-state index contributed by atoms with van der Waals surface area (Å²) in [5.41, 5.74) is 0. The molecule has 5 nitrogen and oxygen atoms in total. The molecule has 0 aromatic carbocycles. The topological polar surface area (TPSA) is 46.8 Å². The molecular weight excluding hydrogens is 234 g/mol. The fourth-order valence-electron chi connectivity index (χ4n) is 1.36. The van der Waals surface area contributed by atoms with Crippen LogP contribution in [0.1, 0.15) is 0 Å². The maximum Gasteiger partial charge on any atom is 0.248 e. The standard InChI is InChI=1S/C11H13N5S/c1-3-6-15(7-4-2)11-13-10(14-17-11)16-8-5-12-9-16/h3-5,8-9H,1-2,6-7H2. The van der Waals surface area contributed by atoms with Gasteiger partial charge in [-0.1, -0.05) is 12.2 Å². The third kappa shape index (κ3) is 2.59. The normalized spacial score (nSPS) is 10.1. The van der Waals surface area contributed by atoms with Crippen LogP contribution < -0.4 is 4.90 Å². The molecule has 88 valence electrons. The number of hydrogen-bond donors (Lipinski definition) is 0. The Labute approximate surface area is 104 Å². The molecular formula is C11H13N5S. The Kier molecular flexibility index (Phi) is 3.66. The second-order valence-electron chi connectivity index (χ2n) is 3.33. The van der Waals surface area contributed by atoms with Gasteiger partial charge in [0, 0.05) is 37.0 Å². The van der Waals surface area contributed by atoms with Crippen molar-refractivity contribution in [1.29, 1.82) is 0 Å².